The van der Waals surface area contributed by atoms with Gasteiger partial charge in [-0.15, -0.1) is 35.3 Å². The molecule has 29 heavy (non-hydrogen) atoms. The molecule has 4 rings (SSSR count). The lowest BCUT2D eigenvalue weighted by molar-refractivity contribution is 0.373. The molecule has 1 aliphatic heterocycles. The van der Waals surface area contributed by atoms with Crippen LogP contribution < -0.4 is 10.2 Å². The van der Waals surface area contributed by atoms with Gasteiger partial charge in [0.1, 0.15) is 6.26 Å². The number of thiophene rings is 1. The number of oxazole rings is 1. The standard InChI is InChI=1S/C21H25N5OS.HI/c1-16-5-7-17(8-6-16)20-24-18(15-27-20)14-23-21(22-2)26-11-9-25(10-12-26)19-4-3-13-28-19;/h3-8,13,15H,9-12,14H2,1-2H3,(H,22,23);1H. The number of halogens is 1. The molecule has 0 amide bonds. The van der Waals surface area contributed by atoms with E-state index in [2.05, 4.69) is 61.7 Å². The number of guanidine groups is 1. The van der Waals surface area contributed by atoms with Crippen molar-refractivity contribution in [3.05, 3.63) is 59.3 Å². The normalized spacial score (nSPS) is 14.6. The first-order valence-electron chi connectivity index (χ1n) is 9.48. The number of nitrogens with one attached hydrogen (secondary N) is 1. The molecule has 0 bridgehead atoms. The van der Waals surface area contributed by atoms with Crippen LogP contribution in [0, 0.1) is 6.92 Å². The average molecular weight is 523 g/mol. The van der Waals surface area contributed by atoms with Gasteiger partial charge < -0.3 is 19.5 Å². The highest BCUT2D eigenvalue weighted by atomic mass is 127. The van der Waals surface area contributed by atoms with Crippen LogP contribution in [-0.4, -0.2) is 49.1 Å². The van der Waals surface area contributed by atoms with Crippen LogP contribution in [0.25, 0.3) is 11.5 Å². The lowest BCUT2D eigenvalue weighted by Gasteiger charge is -2.36. The molecule has 0 unspecified atom stereocenters. The van der Waals surface area contributed by atoms with Gasteiger partial charge in [-0.2, -0.15) is 0 Å². The Hall–Kier alpha value is -2.07. The van der Waals surface area contributed by atoms with Gasteiger partial charge in [0.15, 0.2) is 5.96 Å². The van der Waals surface area contributed by atoms with E-state index in [1.54, 1.807) is 17.6 Å². The fourth-order valence-corrected chi connectivity index (χ4v) is 4.09. The summed E-state index contributed by atoms with van der Waals surface area (Å²) in [7, 11) is 1.83. The Morgan fingerprint density at radius 2 is 1.93 bits per heavy atom. The van der Waals surface area contributed by atoms with Crippen molar-refractivity contribution >= 4 is 46.3 Å². The number of rotatable bonds is 4. The molecule has 0 spiro atoms. The number of aromatic nitrogens is 1. The summed E-state index contributed by atoms with van der Waals surface area (Å²) < 4.78 is 5.65. The third-order valence-electron chi connectivity index (χ3n) is 4.89. The lowest BCUT2D eigenvalue weighted by Crippen LogP contribution is -2.52. The minimum atomic E-state index is 0. The van der Waals surface area contributed by atoms with Crippen LogP contribution in [0.15, 0.2) is 57.5 Å². The number of aryl methyl sites for hydroxylation is 1. The SMILES string of the molecule is CN=C(NCc1coc(-c2ccc(C)cc2)n1)N1CCN(c2cccs2)CC1.I. The predicted molar refractivity (Wildman–Crippen MR) is 130 cm³/mol. The molecular weight excluding hydrogens is 497 g/mol. The van der Waals surface area contributed by atoms with Gasteiger partial charge in [0, 0.05) is 38.8 Å². The first-order valence-corrected chi connectivity index (χ1v) is 10.4. The van der Waals surface area contributed by atoms with E-state index in [0.717, 1.165) is 43.4 Å². The summed E-state index contributed by atoms with van der Waals surface area (Å²) in [5.41, 5.74) is 3.08. The predicted octanol–water partition coefficient (Wildman–Crippen LogP) is 4.23. The molecule has 0 radical (unpaired) electrons. The van der Waals surface area contributed by atoms with Gasteiger partial charge in [0.25, 0.3) is 0 Å². The maximum Gasteiger partial charge on any atom is 0.226 e. The topological polar surface area (TPSA) is 56.9 Å². The second-order valence-electron chi connectivity index (χ2n) is 6.84. The molecule has 1 saturated heterocycles. The van der Waals surface area contributed by atoms with E-state index in [1.807, 2.05) is 19.2 Å². The highest BCUT2D eigenvalue weighted by Gasteiger charge is 2.20. The zero-order valence-corrected chi connectivity index (χ0v) is 19.8. The van der Waals surface area contributed by atoms with Gasteiger partial charge in [-0.25, -0.2) is 4.98 Å². The summed E-state index contributed by atoms with van der Waals surface area (Å²) in [5.74, 6) is 1.56. The highest BCUT2D eigenvalue weighted by Crippen LogP contribution is 2.22. The van der Waals surface area contributed by atoms with E-state index in [-0.39, 0.29) is 24.0 Å². The van der Waals surface area contributed by atoms with Crippen LogP contribution in [0.3, 0.4) is 0 Å². The van der Waals surface area contributed by atoms with Gasteiger partial charge in [0.2, 0.25) is 5.89 Å². The minimum absolute atomic E-state index is 0. The minimum Gasteiger partial charge on any atom is -0.444 e. The van der Waals surface area contributed by atoms with E-state index in [0.29, 0.717) is 12.4 Å². The molecule has 0 aliphatic carbocycles. The van der Waals surface area contributed by atoms with Crippen molar-refractivity contribution in [3.8, 4) is 11.5 Å². The first kappa shape index (κ1) is 21.6. The Labute approximate surface area is 192 Å². The molecule has 1 N–H and O–H groups in total. The smallest absolute Gasteiger partial charge is 0.226 e. The Kier molecular flexibility index (Phi) is 7.54. The second kappa shape index (κ2) is 10.1. The van der Waals surface area contributed by atoms with Crippen LogP contribution in [0.5, 0.6) is 0 Å². The van der Waals surface area contributed by atoms with Gasteiger partial charge in [-0.05, 0) is 36.6 Å². The first-order chi connectivity index (χ1) is 13.7. The van der Waals surface area contributed by atoms with Crippen LogP contribution in [0.4, 0.5) is 5.00 Å². The summed E-state index contributed by atoms with van der Waals surface area (Å²) in [6.45, 7) is 6.56. The Morgan fingerprint density at radius 3 is 2.59 bits per heavy atom. The molecule has 1 aromatic carbocycles. The summed E-state index contributed by atoms with van der Waals surface area (Å²) in [5, 5.41) is 6.89. The Morgan fingerprint density at radius 1 is 1.17 bits per heavy atom. The van der Waals surface area contributed by atoms with Crippen molar-refractivity contribution in [1.82, 2.24) is 15.2 Å². The van der Waals surface area contributed by atoms with Crippen LogP contribution in [0.2, 0.25) is 0 Å². The third-order valence-corrected chi connectivity index (χ3v) is 5.82. The van der Waals surface area contributed by atoms with E-state index < -0.39 is 0 Å². The van der Waals surface area contributed by atoms with Gasteiger partial charge >= 0.3 is 0 Å². The third kappa shape index (κ3) is 5.30. The van der Waals surface area contributed by atoms with Gasteiger partial charge in [0.05, 0.1) is 17.2 Å². The largest absolute Gasteiger partial charge is 0.444 e. The molecule has 1 aliphatic rings. The molecule has 6 nitrogen and oxygen atoms in total. The number of hydrogen-bond acceptors (Lipinski definition) is 5. The Bertz CT molecular complexity index is 915. The van der Waals surface area contributed by atoms with Crippen molar-refractivity contribution in [2.24, 2.45) is 4.99 Å². The van der Waals surface area contributed by atoms with Gasteiger partial charge in [-0.3, -0.25) is 4.99 Å². The monoisotopic (exact) mass is 523 g/mol. The molecule has 154 valence electrons. The summed E-state index contributed by atoms with van der Waals surface area (Å²) in [6.07, 6.45) is 1.71. The fourth-order valence-electron chi connectivity index (χ4n) is 3.31. The second-order valence-corrected chi connectivity index (χ2v) is 7.76. The van der Waals surface area contributed by atoms with E-state index >= 15 is 0 Å². The highest BCUT2D eigenvalue weighted by molar-refractivity contribution is 14.0. The van der Waals surface area contributed by atoms with Crippen molar-refractivity contribution in [1.29, 1.82) is 0 Å². The van der Waals surface area contributed by atoms with Crippen LogP contribution in [0.1, 0.15) is 11.3 Å². The van der Waals surface area contributed by atoms with E-state index in [9.17, 15) is 0 Å². The average Bonchev–Trinajstić information content (AvgIpc) is 3.42. The molecule has 0 saturated carbocycles. The molecule has 3 aromatic rings. The van der Waals surface area contributed by atoms with Crippen molar-refractivity contribution < 1.29 is 4.42 Å². The van der Waals surface area contributed by atoms with Crippen LogP contribution >= 0.6 is 35.3 Å². The quantitative estimate of drug-likeness (QED) is 0.315. The molecule has 1 fully saturated rings. The van der Waals surface area contributed by atoms with Crippen LogP contribution in [-0.2, 0) is 6.54 Å². The molecule has 0 atom stereocenters. The number of nitrogens with zero attached hydrogens (tertiary/aromatic N) is 4. The molecular formula is C21H26IN5OS. The zero-order chi connectivity index (χ0) is 19.3. The molecule has 2 aromatic heterocycles. The molecule has 8 heteroatoms. The summed E-state index contributed by atoms with van der Waals surface area (Å²) >= 11 is 1.80. The van der Waals surface area contributed by atoms with E-state index in [4.69, 9.17) is 4.42 Å². The van der Waals surface area contributed by atoms with Crippen molar-refractivity contribution in [2.45, 2.75) is 13.5 Å². The lowest BCUT2D eigenvalue weighted by atomic mass is 10.1. The zero-order valence-electron chi connectivity index (χ0n) is 16.7. The maximum absolute atomic E-state index is 5.65. The maximum atomic E-state index is 5.65. The Balaban J connectivity index is 0.00000240. The number of aliphatic imine (C=N–C) groups is 1. The number of piperazine rings is 1. The van der Waals surface area contributed by atoms with Crippen molar-refractivity contribution in [2.75, 3.05) is 38.1 Å². The number of hydrogen-bond donors (Lipinski definition) is 1. The summed E-state index contributed by atoms with van der Waals surface area (Å²) in [4.78, 5) is 13.8. The van der Waals surface area contributed by atoms with E-state index in [1.165, 1.54) is 10.6 Å². The van der Waals surface area contributed by atoms with Crippen molar-refractivity contribution in [3.63, 3.8) is 0 Å². The number of anilines is 1. The molecule has 3 heterocycles. The summed E-state index contributed by atoms with van der Waals surface area (Å²) in [6, 6.07) is 12.5. The van der Waals surface area contributed by atoms with Gasteiger partial charge in [-0.1, -0.05) is 17.7 Å². The number of benzene rings is 1. The fraction of sp³-hybridized carbons (Fsp3) is 0.333.